The molecule has 2 rings (SSSR count). The van der Waals surface area contributed by atoms with Gasteiger partial charge >= 0.3 is 0 Å². The van der Waals surface area contributed by atoms with Crippen molar-refractivity contribution in [2.75, 3.05) is 13.6 Å². The van der Waals surface area contributed by atoms with E-state index in [1.165, 1.54) is 22.0 Å². The standard InChI is InChI=1S/C15H22N2/c1-11(2)17-10-13(7-8-16-4)14-6-5-12(3)9-15(14)17/h5-6,9-11,16H,7-8H2,1-4H3. The molecule has 0 aliphatic rings. The first-order valence-electron chi connectivity index (χ1n) is 6.38. The third-order valence-electron chi connectivity index (χ3n) is 3.27. The summed E-state index contributed by atoms with van der Waals surface area (Å²) >= 11 is 0. The number of hydrogen-bond donors (Lipinski definition) is 1. The minimum Gasteiger partial charge on any atom is -0.345 e. The molecule has 0 unspecified atom stereocenters. The lowest BCUT2D eigenvalue weighted by Crippen LogP contribution is -2.10. The van der Waals surface area contributed by atoms with Crippen molar-refractivity contribution in [3.8, 4) is 0 Å². The third kappa shape index (κ3) is 2.37. The van der Waals surface area contributed by atoms with Crippen LogP contribution in [0.4, 0.5) is 0 Å². The highest BCUT2D eigenvalue weighted by atomic mass is 15.0. The number of aryl methyl sites for hydroxylation is 1. The molecule has 0 saturated carbocycles. The van der Waals surface area contributed by atoms with Crippen LogP contribution in [0.25, 0.3) is 10.9 Å². The van der Waals surface area contributed by atoms with Gasteiger partial charge in [0.15, 0.2) is 0 Å². The lowest BCUT2D eigenvalue weighted by molar-refractivity contribution is 0.620. The fourth-order valence-corrected chi connectivity index (χ4v) is 2.32. The highest BCUT2D eigenvalue weighted by Crippen LogP contribution is 2.25. The van der Waals surface area contributed by atoms with Gasteiger partial charge in [-0.15, -0.1) is 0 Å². The number of aromatic nitrogens is 1. The van der Waals surface area contributed by atoms with Crippen LogP contribution in [0.15, 0.2) is 24.4 Å². The van der Waals surface area contributed by atoms with Gasteiger partial charge in [-0.2, -0.15) is 0 Å². The Hall–Kier alpha value is -1.28. The lowest BCUT2D eigenvalue weighted by atomic mass is 10.1. The van der Waals surface area contributed by atoms with E-state index in [2.05, 4.69) is 55.1 Å². The Morgan fingerprint density at radius 2 is 2.06 bits per heavy atom. The minimum atomic E-state index is 0.516. The van der Waals surface area contributed by atoms with Gasteiger partial charge in [0.2, 0.25) is 0 Å². The summed E-state index contributed by atoms with van der Waals surface area (Å²) in [5.74, 6) is 0. The quantitative estimate of drug-likeness (QED) is 0.853. The Morgan fingerprint density at radius 3 is 2.71 bits per heavy atom. The van der Waals surface area contributed by atoms with Gasteiger partial charge in [-0.05, 0) is 58.0 Å². The molecule has 1 aromatic carbocycles. The van der Waals surface area contributed by atoms with Crippen molar-refractivity contribution in [1.82, 2.24) is 9.88 Å². The zero-order valence-electron chi connectivity index (χ0n) is 11.2. The van der Waals surface area contributed by atoms with Crippen molar-refractivity contribution in [3.05, 3.63) is 35.5 Å². The van der Waals surface area contributed by atoms with E-state index in [-0.39, 0.29) is 0 Å². The topological polar surface area (TPSA) is 17.0 Å². The summed E-state index contributed by atoms with van der Waals surface area (Å²) in [4.78, 5) is 0. The largest absolute Gasteiger partial charge is 0.345 e. The van der Waals surface area contributed by atoms with Gasteiger partial charge in [0, 0.05) is 23.1 Å². The number of hydrogen-bond acceptors (Lipinski definition) is 1. The van der Waals surface area contributed by atoms with Crippen LogP contribution < -0.4 is 5.32 Å². The maximum atomic E-state index is 3.22. The van der Waals surface area contributed by atoms with Gasteiger partial charge in [0.1, 0.15) is 0 Å². The van der Waals surface area contributed by atoms with E-state index in [1.54, 1.807) is 0 Å². The smallest absolute Gasteiger partial charge is 0.0488 e. The molecule has 0 atom stereocenters. The van der Waals surface area contributed by atoms with E-state index in [0.29, 0.717) is 6.04 Å². The number of benzene rings is 1. The average molecular weight is 230 g/mol. The summed E-state index contributed by atoms with van der Waals surface area (Å²) in [5.41, 5.74) is 4.15. The number of fused-ring (bicyclic) bond motifs is 1. The molecule has 0 aliphatic carbocycles. The Labute approximate surface area is 104 Å². The fourth-order valence-electron chi connectivity index (χ4n) is 2.32. The van der Waals surface area contributed by atoms with E-state index in [1.807, 2.05) is 7.05 Å². The van der Waals surface area contributed by atoms with E-state index in [0.717, 1.165) is 13.0 Å². The molecule has 2 aromatic rings. The molecule has 1 heterocycles. The summed E-state index contributed by atoms with van der Waals surface area (Å²) in [6.45, 7) is 7.67. The molecule has 0 amide bonds. The molecule has 1 N–H and O–H groups in total. The first kappa shape index (κ1) is 12.2. The predicted octanol–water partition coefficient (Wildman–Crippen LogP) is 3.29. The lowest BCUT2D eigenvalue weighted by Gasteiger charge is -2.09. The van der Waals surface area contributed by atoms with E-state index in [4.69, 9.17) is 0 Å². The van der Waals surface area contributed by atoms with Crippen LogP contribution in [-0.4, -0.2) is 18.2 Å². The average Bonchev–Trinajstić information content (AvgIpc) is 2.64. The van der Waals surface area contributed by atoms with Crippen LogP contribution in [-0.2, 0) is 6.42 Å². The molecule has 2 heteroatoms. The minimum absolute atomic E-state index is 0.516. The summed E-state index contributed by atoms with van der Waals surface area (Å²) in [5, 5.41) is 4.62. The van der Waals surface area contributed by atoms with Gasteiger partial charge in [0.05, 0.1) is 0 Å². The van der Waals surface area contributed by atoms with E-state index in [9.17, 15) is 0 Å². The molecule has 0 fully saturated rings. The summed E-state index contributed by atoms with van der Waals surface area (Å²) in [7, 11) is 2.01. The van der Waals surface area contributed by atoms with Crippen LogP contribution >= 0.6 is 0 Å². The molecule has 1 aromatic heterocycles. The number of nitrogens with zero attached hydrogens (tertiary/aromatic N) is 1. The monoisotopic (exact) mass is 230 g/mol. The Bertz CT molecular complexity index is 509. The fraction of sp³-hybridized carbons (Fsp3) is 0.467. The maximum absolute atomic E-state index is 3.22. The van der Waals surface area contributed by atoms with Crippen LogP contribution in [0, 0.1) is 6.92 Å². The molecule has 0 spiro atoms. The predicted molar refractivity (Wildman–Crippen MR) is 74.7 cm³/mol. The zero-order valence-corrected chi connectivity index (χ0v) is 11.2. The van der Waals surface area contributed by atoms with E-state index < -0.39 is 0 Å². The summed E-state index contributed by atoms with van der Waals surface area (Å²) < 4.78 is 2.38. The molecular weight excluding hydrogens is 208 g/mol. The second-order valence-electron chi connectivity index (χ2n) is 5.03. The first-order valence-corrected chi connectivity index (χ1v) is 6.38. The van der Waals surface area contributed by atoms with Gasteiger partial charge < -0.3 is 9.88 Å². The van der Waals surface area contributed by atoms with Crippen LogP contribution in [0.2, 0.25) is 0 Å². The molecule has 92 valence electrons. The summed E-state index contributed by atoms with van der Waals surface area (Å²) in [6.07, 6.45) is 3.40. The number of likely N-dealkylation sites (N-methyl/N-ethyl adjacent to an activating group) is 1. The third-order valence-corrected chi connectivity index (χ3v) is 3.27. The van der Waals surface area contributed by atoms with Crippen molar-refractivity contribution < 1.29 is 0 Å². The van der Waals surface area contributed by atoms with Crippen molar-refractivity contribution in [3.63, 3.8) is 0 Å². The van der Waals surface area contributed by atoms with Crippen LogP contribution in [0.1, 0.15) is 31.0 Å². The highest BCUT2D eigenvalue weighted by Gasteiger charge is 2.10. The molecule has 2 nitrogen and oxygen atoms in total. The highest BCUT2D eigenvalue weighted by molar-refractivity contribution is 5.84. The van der Waals surface area contributed by atoms with Crippen molar-refractivity contribution in [1.29, 1.82) is 0 Å². The summed E-state index contributed by atoms with van der Waals surface area (Å²) in [6, 6.07) is 7.27. The van der Waals surface area contributed by atoms with Gasteiger partial charge in [-0.1, -0.05) is 12.1 Å². The van der Waals surface area contributed by atoms with Crippen LogP contribution in [0.5, 0.6) is 0 Å². The molecule has 0 aliphatic heterocycles. The molecule has 0 bridgehead atoms. The Balaban J connectivity index is 2.54. The number of nitrogens with one attached hydrogen (secondary N) is 1. The van der Waals surface area contributed by atoms with Gasteiger partial charge in [0.25, 0.3) is 0 Å². The zero-order chi connectivity index (χ0) is 12.4. The maximum Gasteiger partial charge on any atom is 0.0488 e. The molecular formula is C15H22N2. The molecule has 0 saturated heterocycles. The Morgan fingerprint density at radius 1 is 1.29 bits per heavy atom. The van der Waals surface area contributed by atoms with Crippen molar-refractivity contribution >= 4 is 10.9 Å². The van der Waals surface area contributed by atoms with Crippen molar-refractivity contribution in [2.45, 2.75) is 33.2 Å². The second kappa shape index (κ2) is 4.92. The van der Waals surface area contributed by atoms with Crippen LogP contribution in [0.3, 0.4) is 0 Å². The van der Waals surface area contributed by atoms with Gasteiger partial charge in [-0.25, -0.2) is 0 Å². The van der Waals surface area contributed by atoms with Crippen molar-refractivity contribution in [2.24, 2.45) is 0 Å². The molecule has 17 heavy (non-hydrogen) atoms. The van der Waals surface area contributed by atoms with Gasteiger partial charge in [-0.3, -0.25) is 0 Å². The molecule has 0 radical (unpaired) electrons. The second-order valence-corrected chi connectivity index (χ2v) is 5.03. The Kier molecular flexibility index (Phi) is 3.53. The van der Waals surface area contributed by atoms with E-state index >= 15 is 0 Å². The SMILES string of the molecule is CNCCc1cn(C(C)C)c2cc(C)ccc12. The first-order chi connectivity index (χ1) is 8.13. The normalized spacial score (nSPS) is 11.6. The number of rotatable bonds is 4.